The van der Waals surface area contributed by atoms with Crippen molar-refractivity contribution < 1.29 is 13.6 Å². The fourth-order valence-electron chi connectivity index (χ4n) is 1.28. The predicted octanol–water partition coefficient (Wildman–Crippen LogP) is 2.96. The van der Waals surface area contributed by atoms with E-state index in [-0.39, 0.29) is 16.8 Å². The third kappa shape index (κ3) is 1.74. The Labute approximate surface area is 94.6 Å². The van der Waals surface area contributed by atoms with E-state index in [9.17, 15) is 13.6 Å². The van der Waals surface area contributed by atoms with Crippen LogP contribution >= 0.6 is 11.3 Å². The van der Waals surface area contributed by atoms with E-state index in [1.165, 1.54) is 41.3 Å². The van der Waals surface area contributed by atoms with Crippen molar-refractivity contribution in [2.75, 3.05) is 0 Å². The van der Waals surface area contributed by atoms with Crippen molar-refractivity contribution in [3.05, 3.63) is 51.5 Å². The molecule has 0 unspecified atom stereocenters. The summed E-state index contributed by atoms with van der Waals surface area (Å²) in [7, 11) is 0. The average molecular weight is 239 g/mol. The molecule has 2 rings (SSSR count). The lowest BCUT2D eigenvalue weighted by Crippen LogP contribution is -2.07. The first-order valence-corrected chi connectivity index (χ1v) is 5.43. The number of benzene rings is 1. The fraction of sp³-hybridized carbons (Fsp3) is 0.0909. The zero-order chi connectivity index (χ0) is 11.7. The van der Waals surface area contributed by atoms with Gasteiger partial charge in [-0.2, -0.15) is 0 Å². The molecular formula is C11H7F2NOS. The molecule has 0 aliphatic rings. The van der Waals surface area contributed by atoms with Crippen LogP contribution in [-0.4, -0.2) is 10.8 Å². The lowest BCUT2D eigenvalue weighted by molar-refractivity contribution is 0.103. The van der Waals surface area contributed by atoms with Crippen molar-refractivity contribution in [2.24, 2.45) is 0 Å². The maximum Gasteiger partial charge on any atom is 0.215 e. The molecule has 0 N–H and O–H groups in total. The monoisotopic (exact) mass is 239 g/mol. The van der Waals surface area contributed by atoms with Crippen LogP contribution in [0.4, 0.5) is 8.78 Å². The van der Waals surface area contributed by atoms with Crippen molar-refractivity contribution in [2.45, 2.75) is 6.92 Å². The molecule has 0 radical (unpaired) electrons. The zero-order valence-electron chi connectivity index (χ0n) is 8.33. The van der Waals surface area contributed by atoms with Gasteiger partial charge in [0.15, 0.2) is 11.6 Å². The van der Waals surface area contributed by atoms with Gasteiger partial charge in [-0.05, 0) is 18.6 Å². The number of hydrogen-bond acceptors (Lipinski definition) is 3. The van der Waals surface area contributed by atoms with Gasteiger partial charge in [0.05, 0.1) is 11.1 Å². The van der Waals surface area contributed by atoms with Gasteiger partial charge in [-0.1, -0.05) is 6.07 Å². The van der Waals surface area contributed by atoms with Gasteiger partial charge < -0.3 is 0 Å². The number of carbonyl (C=O) groups excluding carboxylic acids is 1. The maximum absolute atomic E-state index is 13.5. The summed E-state index contributed by atoms with van der Waals surface area (Å²) in [6.07, 6.45) is 0. The third-order valence-electron chi connectivity index (χ3n) is 2.18. The first-order chi connectivity index (χ1) is 7.61. The van der Waals surface area contributed by atoms with Crippen LogP contribution in [0.25, 0.3) is 0 Å². The molecule has 0 aliphatic carbocycles. The first kappa shape index (κ1) is 10.9. The molecule has 2 nitrogen and oxygen atoms in total. The lowest BCUT2D eigenvalue weighted by atomic mass is 10.1. The van der Waals surface area contributed by atoms with Gasteiger partial charge in [0.25, 0.3) is 0 Å². The van der Waals surface area contributed by atoms with E-state index in [0.717, 1.165) is 0 Å². The number of rotatable bonds is 2. The van der Waals surface area contributed by atoms with Crippen LogP contribution < -0.4 is 0 Å². The second-order valence-electron chi connectivity index (χ2n) is 3.26. The van der Waals surface area contributed by atoms with Crippen LogP contribution in [0.2, 0.25) is 0 Å². The lowest BCUT2D eigenvalue weighted by Gasteiger charge is -2.03. The summed E-state index contributed by atoms with van der Waals surface area (Å²) < 4.78 is 26.7. The minimum atomic E-state index is -1.11. The summed E-state index contributed by atoms with van der Waals surface area (Å²) >= 11 is 1.23. The molecule has 0 amide bonds. The Balaban J connectivity index is 2.50. The fourth-order valence-corrected chi connectivity index (χ4v) is 1.82. The molecule has 1 heterocycles. The summed E-state index contributed by atoms with van der Waals surface area (Å²) in [5, 5.41) is 1.50. The Hall–Kier alpha value is -1.62. The largest absolute Gasteiger partial charge is 0.287 e. The molecule has 82 valence electrons. The number of aromatic nitrogens is 1. The first-order valence-electron chi connectivity index (χ1n) is 4.48. The highest BCUT2D eigenvalue weighted by Crippen LogP contribution is 2.18. The minimum Gasteiger partial charge on any atom is -0.287 e. The molecule has 0 saturated heterocycles. The van der Waals surface area contributed by atoms with Crippen LogP contribution in [0.5, 0.6) is 0 Å². The summed E-state index contributed by atoms with van der Waals surface area (Å²) in [6.45, 7) is 1.44. The number of thiazole rings is 1. The highest BCUT2D eigenvalue weighted by atomic mass is 32.1. The van der Waals surface area contributed by atoms with E-state index in [1.54, 1.807) is 0 Å². The maximum atomic E-state index is 13.5. The number of hydrogen-bond donors (Lipinski definition) is 0. The smallest absolute Gasteiger partial charge is 0.215 e. The van der Waals surface area contributed by atoms with Crippen LogP contribution in [0, 0.1) is 18.6 Å². The third-order valence-corrected chi connectivity index (χ3v) is 2.77. The number of halogens is 2. The number of nitrogens with zero attached hydrogens (tertiary/aromatic N) is 1. The Kier molecular flexibility index (Phi) is 2.78. The topological polar surface area (TPSA) is 30.0 Å². The Morgan fingerprint density at radius 2 is 2.06 bits per heavy atom. The molecule has 0 bridgehead atoms. The van der Waals surface area contributed by atoms with Crippen molar-refractivity contribution in [3.63, 3.8) is 0 Å². The molecule has 2 aromatic rings. The molecular weight excluding hydrogens is 232 g/mol. The van der Waals surface area contributed by atoms with Crippen LogP contribution in [0.3, 0.4) is 0 Å². The highest BCUT2D eigenvalue weighted by molar-refractivity contribution is 7.07. The van der Waals surface area contributed by atoms with E-state index in [1.807, 2.05) is 0 Å². The number of aryl methyl sites for hydroxylation is 1. The minimum absolute atomic E-state index is 0.132. The van der Waals surface area contributed by atoms with Crippen molar-refractivity contribution in [1.82, 2.24) is 4.98 Å². The molecule has 0 spiro atoms. The Morgan fingerprint density at radius 3 is 2.69 bits per heavy atom. The summed E-state index contributed by atoms with van der Waals surface area (Å²) in [6, 6.07) is 2.65. The van der Waals surface area contributed by atoms with Crippen molar-refractivity contribution in [1.29, 1.82) is 0 Å². The highest BCUT2D eigenvalue weighted by Gasteiger charge is 2.19. The summed E-state index contributed by atoms with van der Waals surface area (Å²) in [5.74, 6) is -2.70. The molecule has 16 heavy (non-hydrogen) atoms. The average Bonchev–Trinajstić information content (AvgIpc) is 2.79. The summed E-state index contributed by atoms with van der Waals surface area (Å²) in [5.41, 5.74) is 1.49. The summed E-state index contributed by atoms with van der Waals surface area (Å²) in [4.78, 5) is 15.5. The normalized spacial score (nSPS) is 10.4. The second-order valence-corrected chi connectivity index (χ2v) is 3.98. The van der Waals surface area contributed by atoms with Crippen LogP contribution in [0.15, 0.2) is 23.0 Å². The van der Waals surface area contributed by atoms with Gasteiger partial charge in [-0.25, -0.2) is 13.8 Å². The Bertz CT molecular complexity index is 537. The van der Waals surface area contributed by atoms with Gasteiger partial charge >= 0.3 is 0 Å². The van der Waals surface area contributed by atoms with Gasteiger partial charge in [-0.15, -0.1) is 11.3 Å². The Morgan fingerprint density at radius 1 is 1.31 bits per heavy atom. The molecule has 0 fully saturated rings. The second kappa shape index (κ2) is 4.09. The van der Waals surface area contributed by atoms with Crippen molar-refractivity contribution in [3.8, 4) is 0 Å². The van der Waals surface area contributed by atoms with Crippen LogP contribution in [0.1, 0.15) is 21.6 Å². The molecule has 0 aliphatic heterocycles. The van der Waals surface area contributed by atoms with Crippen LogP contribution in [-0.2, 0) is 0 Å². The molecule has 0 atom stereocenters. The quantitative estimate of drug-likeness (QED) is 0.754. The molecule has 5 heteroatoms. The van der Waals surface area contributed by atoms with E-state index in [0.29, 0.717) is 0 Å². The zero-order valence-corrected chi connectivity index (χ0v) is 9.15. The van der Waals surface area contributed by atoms with E-state index >= 15 is 0 Å². The van der Waals surface area contributed by atoms with E-state index < -0.39 is 17.4 Å². The van der Waals surface area contributed by atoms with E-state index in [4.69, 9.17) is 0 Å². The SMILES string of the molecule is Cc1ccc(C(=O)c2cscn2)c(F)c1F. The molecule has 0 saturated carbocycles. The van der Waals surface area contributed by atoms with Crippen molar-refractivity contribution >= 4 is 17.1 Å². The van der Waals surface area contributed by atoms with Gasteiger partial charge in [0.2, 0.25) is 5.78 Å². The molecule has 1 aromatic heterocycles. The van der Waals surface area contributed by atoms with E-state index in [2.05, 4.69) is 4.98 Å². The van der Waals surface area contributed by atoms with Gasteiger partial charge in [0.1, 0.15) is 5.69 Å². The number of ketones is 1. The standard InChI is InChI=1S/C11H7F2NOS/c1-6-2-3-7(10(13)9(6)12)11(15)8-4-16-5-14-8/h2-5H,1H3. The van der Waals surface area contributed by atoms with Gasteiger partial charge in [-0.3, -0.25) is 4.79 Å². The number of carbonyl (C=O) groups is 1. The predicted molar refractivity (Wildman–Crippen MR) is 56.6 cm³/mol. The molecule has 1 aromatic carbocycles. The van der Waals surface area contributed by atoms with Gasteiger partial charge in [0, 0.05) is 5.38 Å².